The maximum absolute atomic E-state index is 11.7. The SMILES string of the molecule is CCn1c(CCNC(=O)C(N)COC)nc2ccccc21. The molecule has 1 aromatic carbocycles. The third-order valence-electron chi connectivity index (χ3n) is 3.38. The molecule has 0 saturated heterocycles. The predicted molar refractivity (Wildman–Crippen MR) is 82.0 cm³/mol. The molecule has 0 fully saturated rings. The summed E-state index contributed by atoms with van der Waals surface area (Å²) in [6, 6.07) is 7.41. The number of aryl methyl sites for hydroxylation is 1. The molecule has 1 unspecified atom stereocenters. The number of hydrogen-bond donors (Lipinski definition) is 2. The molecule has 21 heavy (non-hydrogen) atoms. The maximum Gasteiger partial charge on any atom is 0.239 e. The average molecular weight is 290 g/mol. The number of carbonyl (C=O) groups excluding carboxylic acids is 1. The van der Waals surface area contributed by atoms with E-state index in [1.54, 1.807) is 0 Å². The van der Waals surface area contributed by atoms with Crippen LogP contribution in [0, 0.1) is 0 Å². The highest BCUT2D eigenvalue weighted by Crippen LogP contribution is 2.15. The van der Waals surface area contributed by atoms with E-state index >= 15 is 0 Å². The number of fused-ring (bicyclic) bond motifs is 1. The van der Waals surface area contributed by atoms with Gasteiger partial charge in [-0.2, -0.15) is 0 Å². The fourth-order valence-electron chi connectivity index (χ4n) is 2.35. The maximum atomic E-state index is 11.7. The predicted octanol–water partition coefficient (Wildman–Crippen LogP) is 0.689. The van der Waals surface area contributed by atoms with Crippen molar-refractivity contribution in [2.24, 2.45) is 5.73 Å². The number of nitrogens with one attached hydrogen (secondary N) is 1. The van der Waals surface area contributed by atoms with Crippen LogP contribution in [0.25, 0.3) is 11.0 Å². The summed E-state index contributed by atoms with van der Waals surface area (Å²) in [6.45, 7) is 3.68. The molecule has 0 saturated carbocycles. The van der Waals surface area contributed by atoms with Crippen LogP contribution in [0.5, 0.6) is 0 Å². The number of para-hydroxylation sites is 2. The molecule has 1 atom stereocenters. The van der Waals surface area contributed by atoms with Crippen molar-refractivity contribution < 1.29 is 9.53 Å². The van der Waals surface area contributed by atoms with Gasteiger partial charge in [0.15, 0.2) is 0 Å². The number of amides is 1. The van der Waals surface area contributed by atoms with Crippen LogP contribution < -0.4 is 11.1 Å². The molecule has 0 aliphatic carbocycles. The number of methoxy groups -OCH3 is 1. The van der Waals surface area contributed by atoms with Gasteiger partial charge in [0.1, 0.15) is 11.9 Å². The van der Waals surface area contributed by atoms with Crippen molar-refractivity contribution in [1.82, 2.24) is 14.9 Å². The Bertz CT molecular complexity index is 609. The fraction of sp³-hybridized carbons (Fsp3) is 0.467. The molecule has 1 amide bonds. The lowest BCUT2D eigenvalue weighted by Crippen LogP contribution is -2.44. The van der Waals surface area contributed by atoms with Crippen molar-refractivity contribution in [2.75, 3.05) is 20.3 Å². The smallest absolute Gasteiger partial charge is 0.239 e. The summed E-state index contributed by atoms with van der Waals surface area (Å²) < 4.78 is 7.03. The second-order valence-electron chi connectivity index (χ2n) is 4.86. The van der Waals surface area contributed by atoms with Crippen LogP contribution in [0.4, 0.5) is 0 Å². The number of imidazole rings is 1. The normalized spacial score (nSPS) is 12.5. The molecule has 2 aromatic rings. The van der Waals surface area contributed by atoms with Gasteiger partial charge in [0, 0.05) is 26.6 Å². The van der Waals surface area contributed by atoms with Crippen molar-refractivity contribution in [3.05, 3.63) is 30.1 Å². The van der Waals surface area contributed by atoms with Gasteiger partial charge in [0.2, 0.25) is 5.91 Å². The summed E-state index contributed by atoms with van der Waals surface area (Å²) in [7, 11) is 1.52. The highest BCUT2D eigenvalue weighted by Gasteiger charge is 2.13. The van der Waals surface area contributed by atoms with E-state index < -0.39 is 6.04 Å². The minimum Gasteiger partial charge on any atom is -0.383 e. The number of nitrogens with zero attached hydrogens (tertiary/aromatic N) is 2. The van der Waals surface area contributed by atoms with E-state index in [0.717, 1.165) is 23.4 Å². The molecule has 0 bridgehead atoms. The molecule has 1 aromatic heterocycles. The number of rotatable bonds is 7. The van der Waals surface area contributed by atoms with Crippen LogP contribution in [0.3, 0.4) is 0 Å². The van der Waals surface area contributed by atoms with E-state index in [1.807, 2.05) is 18.2 Å². The molecule has 114 valence electrons. The van der Waals surface area contributed by atoms with Crippen molar-refractivity contribution in [3.63, 3.8) is 0 Å². The third kappa shape index (κ3) is 3.59. The monoisotopic (exact) mass is 290 g/mol. The van der Waals surface area contributed by atoms with Gasteiger partial charge >= 0.3 is 0 Å². The summed E-state index contributed by atoms with van der Waals surface area (Å²) in [4.78, 5) is 16.3. The molecule has 0 aliphatic heterocycles. The number of benzene rings is 1. The standard InChI is InChI=1S/C15H22N4O2/c1-3-19-13-7-5-4-6-12(13)18-14(19)8-9-17-15(20)11(16)10-21-2/h4-7,11H,3,8-10,16H2,1-2H3,(H,17,20). The summed E-state index contributed by atoms with van der Waals surface area (Å²) >= 11 is 0. The highest BCUT2D eigenvalue weighted by atomic mass is 16.5. The van der Waals surface area contributed by atoms with Crippen molar-refractivity contribution >= 4 is 16.9 Å². The Morgan fingerprint density at radius 2 is 2.24 bits per heavy atom. The largest absolute Gasteiger partial charge is 0.383 e. The van der Waals surface area contributed by atoms with Gasteiger partial charge in [0.05, 0.1) is 17.6 Å². The van der Waals surface area contributed by atoms with E-state index in [9.17, 15) is 4.79 Å². The lowest BCUT2D eigenvalue weighted by Gasteiger charge is -2.11. The van der Waals surface area contributed by atoms with Crippen LogP contribution in [0.2, 0.25) is 0 Å². The molecule has 1 heterocycles. The van der Waals surface area contributed by atoms with Gasteiger partial charge in [-0.25, -0.2) is 4.98 Å². The van der Waals surface area contributed by atoms with Gasteiger partial charge in [-0.15, -0.1) is 0 Å². The Morgan fingerprint density at radius 3 is 2.95 bits per heavy atom. The molecule has 3 N–H and O–H groups in total. The molecular weight excluding hydrogens is 268 g/mol. The summed E-state index contributed by atoms with van der Waals surface area (Å²) in [6.07, 6.45) is 0.675. The average Bonchev–Trinajstić information content (AvgIpc) is 2.84. The van der Waals surface area contributed by atoms with E-state index in [2.05, 4.69) is 27.9 Å². The van der Waals surface area contributed by atoms with Gasteiger partial charge in [-0.1, -0.05) is 12.1 Å². The zero-order valence-electron chi connectivity index (χ0n) is 12.5. The minimum absolute atomic E-state index is 0.198. The summed E-state index contributed by atoms with van der Waals surface area (Å²) in [5.41, 5.74) is 7.77. The zero-order chi connectivity index (χ0) is 15.2. The van der Waals surface area contributed by atoms with Crippen LogP contribution in [0.15, 0.2) is 24.3 Å². The highest BCUT2D eigenvalue weighted by molar-refractivity contribution is 5.81. The number of hydrogen-bond acceptors (Lipinski definition) is 4. The molecule has 6 nitrogen and oxygen atoms in total. The topological polar surface area (TPSA) is 82.2 Å². The molecule has 0 aliphatic rings. The number of aromatic nitrogens is 2. The van der Waals surface area contributed by atoms with E-state index in [0.29, 0.717) is 13.0 Å². The zero-order valence-corrected chi connectivity index (χ0v) is 12.5. The molecule has 0 radical (unpaired) electrons. The minimum atomic E-state index is -0.625. The Balaban J connectivity index is 1.99. The molecule has 6 heteroatoms. The van der Waals surface area contributed by atoms with E-state index in [1.165, 1.54) is 7.11 Å². The van der Waals surface area contributed by atoms with E-state index in [4.69, 9.17) is 10.5 Å². The third-order valence-corrected chi connectivity index (χ3v) is 3.38. The summed E-state index contributed by atoms with van der Waals surface area (Å²) in [5, 5.41) is 2.81. The van der Waals surface area contributed by atoms with Crippen LogP contribution >= 0.6 is 0 Å². The first kappa shape index (κ1) is 15.5. The van der Waals surface area contributed by atoms with Gasteiger partial charge < -0.3 is 20.4 Å². The van der Waals surface area contributed by atoms with Gasteiger partial charge in [-0.3, -0.25) is 4.79 Å². The Labute approximate surface area is 124 Å². The van der Waals surface area contributed by atoms with Gasteiger partial charge in [-0.05, 0) is 19.1 Å². The van der Waals surface area contributed by atoms with Crippen LogP contribution in [0.1, 0.15) is 12.7 Å². The molecule has 2 rings (SSSR count). The number of nitrogens with two attached hydrogens (primary N) is 1. The number of carbonyl (C=O) groups is 1. The Morgan fingerprint density at radius 1 is 1.48 bits per heavy atom. The first-order valence-electron chi connectivity index (χ1n) is 7.13. The summed E-state index contributed by atoms with van der Waals surface area (Å²) in [5.74, 6) is 0.773. The molecule has 0 spiro atoms. The second-order valence-corrected chi connectivity index (χ2v) is 4.86. The quantitative estimate of drug-likeness (QED) is 0.786. The van der Waals surface area contributed by atoms with Crippen molar-refractivity contribution in [1.29, 1.82) is 0 Å². The number of ether oxygens (including phenoxy) is 1. The lowest BCUT2D eigenvalue weighted by molar-refractivity contribution is -0.123. The Hall–Kier alpha value is -1.92. The molecular formula is C15H22N4O2. The van der Waals surface area contributed by atoms with Crippen LogP contribution in [-0.4, -0.2) is 41.8 Å². The van der Waals surface area contributed by atoms with Gasteiger partial charge in [0.25, 0.3) is 0 Å². The van der Waals surface area contributed by atoms with E-state index in [-0.39, 0.29) is 12.5 Å². The fourth-order valence-corrected chi connectivity index (χ4v) is 2.35. The van der Waals surface area contributed by atoms with Crippen molar-refractivity contribution in [3.8, 4) is 0 Å². The second kappa shape index (κ2) is 7.19. The first-order chi connectivity index (χ1) is 10.2. The van der Waals surface area contributed by atoms with Crippen molar-refractivity contribution in [2.45, 2.75) is 25.9 Å². The first-order valence-corrected chi connectivity index (χ1v) is 7.13. The lowest BCUT2D eigenvalue weighted by atomic mass is 10.3. The van der Waals surface area contributed by atoms with Crippen LogP contribution in [-0.2, 0) is 22.5 Å². The Kier molecular flexibility index (Phi) is 5.30.